The molecule has 2 amide bonds. The molecule has 1 atom stereocenters. The van der Waals surface area contributed by atoms with Gasteiger partial charge in [0.05, 0.1) is 5.92 Å². The van der Waals surface area contributed by atoms with E-state index in [2.05, 4.69) is 25.5 Å². The van der Waals surface area contributed by atoms with Gasteiger partial charge >= 0.3 is 11.9 Å². The van der Waals surface area contributed by atoms with E-state index in [1.807, 2.05) is 11.4 Å². The van der Waals surface area contributed by atoms with Crippen LogP contribution in [-0.2, 0) is 11.3 Å². The smallest absolute Gasteiger partial charge is 0.414 e. The Kier molecular flexibility index (Phi) is 7.03. The van der Waals surface area contributed by atoms with E-state index in [4.69, 9.17) is 21.3 Å². The number of amides is 2. The summed E-state index contributed by atoms with van der Waals surface area (Å²) in [5, 5.41) is 19.2. The summed E-state index contributed by atoms with van der Waals surface area (Å²) in [5.41, 5.74) is 22.4. The third-order valence-corrected chi connectivity index (χ3v) is 4.77. The van der Waals surface area contributed by atoms with E-state index in [1.54, 1.807) is 31.2 Å². The van der Waals surface area contributed by atoms with E-state index in [9.17, 15) is 9.59 Å². The molecule has 146 valence electrons. The number of hydrogen-bond acceptors (Lipinski definition) is 12. The Morgan fingerprint density at radius 3 is 2.39 bits per heavy atom. The molecule has 0 saturated carbocycles. The number of nitrogens with one attached hydrogen (secondary N) is 4. The zero-order chi connectivity index (χ0) is 20.6. The third-order valence-electron chi connectivity index (χ3n) is 3.73. The highest BCUT2D eigenvalue weighted by atomic mass is 32.1. The van der Waals surface area contributed by atoms with Crippen molar-refractivity contribution < 1.29 is 14.3 Å². The number of aromatic nitrogens is 2. The van der Waals surface area contributed by atoms with Crippen LogP contribution in [0.2, 0.25) is 0 Å². The largest absolute Gasteiger partial charge is 0.444 e. The Morgan fingerprint density at radius 2 is 1.82 bits per heavy atom. The minimum Gasteiger partial charge on any atom is -0.444 e. The standard InChI is InChI=1S/C15H17N9O3S/c1-2-10(15(22-16,23-17)24-18)12-20-21-13(28-12)11(25)19-14(26)27-8-9-6-4-3-5-7-9/h3-7,10,16-18H,2,8H2,1H3,(H,19,25,26). The van der Waals surface area contributed by atoms with Gasteiger partial charge in [-0.2, -0.15) is 0 Å². The van der Waals surface area contributed by atoms with Gasteiger partial charge in [-0.1, -0.05) is 48.6 Å². The zero-order valence-electron chi connectivity index (χ0n) is 14.7. The van der Waals surface area contributed by atoms with Gasteiger partial charge in [0.2, 0.25) is 5.01 Å². The lowest BCUT2D eigenvalue weighted by molar-refractivity contribution is 0.0911. The first-order chi connectivity index (χ1) is 13.5. The highest BCUT2D eigenvalue weighted by molar-refractivity contribution is 7.13. The predicted molar refractivity (Wildman–Crippen MR) is 95.2 cm³/mol. The molecule has 0 radical (unpaired) electrons. The molecule has 12 nitrogen and oxygen atoms in total. The zero-order valence-corrected chi connectivity index (χ0v) is 15.6. The van der Waals surface area contributed by atoms with Crippen LogP contribution >= 0.6 is 11.3 Å². The molecule has 1 aromatic heterocycles. The molecular weight excluding hydrogens is 386 g/mol. The van der Waals surface area contributed by atoms with Crippen LogP contribution in [0.3, 0.4) is 0 Å². The number of alkyl carbamates (subject to hydrolysis) is 1. The molecule has 4 N–H and O–H groups in total. The van der Waals surface area contributed by atoms with Crippen LogP contribution in [0.4, 0.5) is 4.79 Å². The average molecular weight is 403 g/mol. The van der Waals surface area contributed by atoms with Crippen molar-refractivity contribution in [3.8, 4) is 0 Å². The van der Waals surface area contributed by atoms with Crippen LogP contribution < -0.4 is 5.32 Å². The van der Waals surface area contributed by atoms with Gasteiger partial charge in [0, 0.05) is 0 Å². The molecule has 0 spiro atoms. The number of rotatable bonds is 9. The van der Waals surface area contributed by atoms with E-state index < -0.39 is 23.7 Å². The minimum atomic E-state index is -1.98. The first-order valence-corrected chi connectivity index (χ1v) is 8.82. The van der Waals surface area contributed by atoms with Crippen molar-refractivity contribution in [2.24, 2.45) is 15.3 Å². The normalized spacial score (nSPS) is 13.6. The molecule has 0 saturated heterocycles. The van der Waals surface area contributed by atoms with Gasteiger partial charge in [0.15, 0.2) is 0 Å². The molecule has 0 aliphatic rings. The van der Waals surface area contributed by atoms with Crippen molar-refractivity contribution in [1.29, 1.82) is 16.6 Å². The van der Waals surface area contributed by atoms with Gasteiger partial charge in [-0.15, -0.1) is 25.5 Å². The van der Waals surface area contributed by atoms with Crippen molar-refractivity contribution in [1.82, 2.24) is 15.5 Å². The summed E-state index contributed by atoms with van der Waals surface area (Å²) < 4.78 is 4.97. The molecule has 1 unspecified atom stereocenters. The summed E-state index contributed by atoms with van der Waals surface area (Å²) in [6.07, 6.45) is -0.641. The predicted octanol–water partition coefficient (Wildman–Crippen LogP) is 3.85. The molecule has 1 heterocycles. The van der Waals surface area contributed by atoms with Gasteiger partial charge in [-0.3, -0.25) is 10.1 Å². The topological polar surface area (TPSA) is 190 Å². The van der Waals surface area contributed by atoms with Crippen LogP contribution in [0.25, 0.3) is 0 Å². The number of ether oxygens (including phenoxy) is 1. The summed E-state index contributed by atoms with van der Waals surface area (Å²) in [5.74, 6) is -3.60. The van der Waals surface area contributed by atoms with E-state index in [0.29, 0.717) is 6.42 Å². The van der Waals surface area contributed by atoms with Crippen LogP contribution in [0, 0.1) is 16.6 Å². The summed E-state index contributed by atoms with van der Waals surface area (Å²) in [6, 6.07) is 8.97. The fraction of sp³-hybridized carbons (Fsp3) is 0.333. The fourth-order valence-corrected chi connectivity index (χ4v) is 3.27. The van der Waals surface area contributed by atoms with Crippen molar-refractivity contribution in [2.75, 3.05) is 0 Å². The number of carbonyl (C=O) groups is 2. The molecule has 0 bridgehead atoms. The molecular formula is C15H17N9O3S. The third kappa shape index (κ3) is 4.62. The van der Waals surface area contributed by atoms with E-state index in [1.165, 1.54) is 0 Å². The van der Waals surface area contributed by atoms with Crippen molar-refractivity contribution in [3.63, 3.8) is 0 Å². The molecule has 2 aromatic rings. The Bertz CT molecular complexity index is 849. The quantitative estimate of drug-likeness (QED) is 0.461. The summed E-state index contributed by atoms with van der Waals surface area (Å²) >= 11 is 0.831. The Hall–Kier alpha value is -3.48. The number of benzene rings is 1. The van der Waals surface area contributed by atoms with Crippen LogP contribution in [0.1, 0.15) is 39.6 Å². The number of hydrogen-bond donors (Lipinski definition) is 4. The van der Waals surface area contributed by atoms with Gasteiger partial charge in [0.1, 0.15) is 11.6 Å². The maximum Gasteiger partial charge on any atom is 0.414 e. The molecule has 13 heteroatoms. The van der Waals surface area contributed by atoms with Gasteiger partial charge in [0.25, 0.3) is 5.91 Å². The number of nitrogens with zero attached hydrogens (tertiary/aromatic N) is 5. The van der Waals surface area contributed by atoms with Crippen LogP contribution in [-0.4, -0.2) is 28.0 Å². The molecule has 1 aromatic carbocycles. The Balaban J connectivity index is 2.04. The van der Waals surface area contributed by atoms with Gasteiger partial charge in [-0.25, -0.2) is 21.4 Å². The second-order valence-corrected chi connectivity index (χ2v) is 6.45. The lowest BCUT2D eigenvalue weighted by Gasteiger charge is -2.22. The van der Waals surface area contributed by atoms with Crippen molar-refractivity contribution >= 4 is 23.3 Å². The number of carbonyl (C=O) groups excluding carboxylic acids is 2. The van der Waals surface area contributed by atoms with Gasteiger partial charge < -0.3 is 4.74 Å². The first kappa shape index (κ1) is 20.8. The van der Waals surface area contributed by atoms with E-state index in [-0.39, 0.29) is 16.6 Å². The van der Waals surface area contributed by atoms with Crippen molar-refractivity contribution in [2.45, 2.75) is 31.7 Å². The molecule has 0 aliphatic heterocycles. The first-order valence-electron chi connectivity index (χ1n) is 8.01. The minimum absolute atomic E-state index is 0.00274. The van der Waals surface area contributed by atoms with E-state index in [0.717, 1.165) is 16.9 Å². The summed E-state index contributed by atoms with van der Waals surface area (Å²) in [6.45, 7) is 1.71. The Labute approximate surface area is 163 Å². The molecule has 0 fully saturated rings. The maximum atomic E-state index is 12.2. The number of imide groups is 1. The fourth-order valence-electron chi connectivity index (χ4n) is 2.30. The molecule has 0 aliphatic carbocycles. The highest BCUT2D eigenvalue weighted by Gasteiger charge is 2.42. The second-order valence-electron chi connectivity index (χ2n) is 5.44. The molecule has 28 heavy (non-hydrogen) atoms. The Morgan fingerprint density at radius 1 is 1.18 bits per heavy atom. The summed E-state index contributed by atoms with van der Waals surface area (Å²) in [7, 11) is 0. The molecule has 2 rings (SSSR count). The monoisotopic (exact) mass is 403 g/mol. The lowest BCUT2D eigenvalue weighted by Crippen LogP contribution is -2.30. The van der Waals surface area contributed by atoms with Crippen molar-refractivity contribution in [3.05, 3.63) is 45.9 Å². The highest BCUT2D eigenvalue weighted by Crippen LogP contribution is 2.38. The SMILES string of the molecule is CCC(c1nnc(C(=O)NC(=O)OCc2ccccc2)s1)C(N=N)(N=N)N=N. The summed E-state index contributed by atoms with van der Waals surface area (Å²) in [4.78, 5) is 23.9. The lowest BCUT2D eigenvalue weighted by atomic mass is 10.00. The average Bonchev–Trinajstić information content (AvgIpc) is 3.21. The second kappa shape index (κ2) is 9.45. The van der Waals surface area contributed by atoms with E-state index >= 15 is 0 Å². The van der Waals surface area contributed by atoms with Crippen LogP contribution in [0.5, 0.6) is 0 Å². The van der Waals surface area contributed by atoms with Gasteiger partial charge in [-0.05, 0) is 12.0 Å². The van der Waals surface area contributed by atoms with Crippen LogP contribution in [0.15, 0.2) is 45.7 Å². The maximum absolute atomic E-state index is 12.2.